The summed E-state index contributed by atoms with van der Waals surface area (Å²) >= 11 is 0. The standard InChI is InChI=1S/C24H30N4O/c1-4-9-19(10-5-2)24(29)27-16-21-22(17-27)25-28(20-12-8-11-18(3)15-20)23(21)26-13-6-7-14-26/h6-8,11-15,19H,4-5,9-10,16-17H2,1-3H3. The monoisotopic (exact) mass is 390 g/mol. The van der Waals surface area contributed by atoms with Crippen LogP contribution in [0.15, 0.2) is 48.8 Å². The van der Waals surface area contributed by atoms with Gasteiger partial charge in [0.15, 0.2) is 0 Å². The molecule has 0 radical (unpaired) electrons. The molecule has 29 heavy (non-hydrogen) atoms. The average molecular weight is 391 g/mol. The van der Waals surface area contributed by atoms with Crippen molar-refractivity contribution in [1.82, 2.24) is 19.2 Å². The normalized spacial score (nSPS) is 13.3. The summed E-state index contributed by atoms with van der Waals surface area (Å²) in [6, 6.07) is 12.4. The van der Waals surface area contributed by atoms with Crippen molar-refractivity contribution in [3.8, 4) is 11.5 Å². The second-order valence-corrected chi connectivity index (χ2v) is 8.06. The largest absolute Gasteiger partial charge is 0.332 e. The van der Waals surface area contributed by atoms with Gasteiger partial charge in [0, 0.05) is 23.9 Å². The highest BCUT2D eigenvalue weighted by Crippen LogP contribution is 2.32. The molecular weight excluding hydrogens is 360 g/mol. The molecule has 152 valence electrons. The molecule has 0 spiro atoms. The SMILES string of the molecule is CCCC(CCC)C(=O)N1Cc2nn(-c3cccc(C)c3)c(-n3cccc3)c2C1. The van der Waals surface area contributed by atoms with Crippen LogP contribution in [-0.2, 0) is 17.9 Å². The number of aryl methyl sites for hydroxylation is 1. The lowest BCUT2D eigenvalue weighted by Crippen LogP contribution is -2.32. The molecule has 0 unspecified atom stereocenters. The topological polar surface area (TPSA) is 43.1 Å². The minimum atomic E-state index is 0.132. The van der Waals surface area contributed by atoms with Crippen LogP contribution < -0.4 is 0 Å². The number of nitrogens with zero attached hydrogens (tertiary/aromatic N) is 4. The Morgan fingerprint density at radius 1 is 1.07 bits per heavy atom. The summed E-state index contributed by atoms with van der Waals surface area (Å²) in [5.74, 6) is 1.45. The third-order valence-electron chi connectivity index (χ3n) is 5.76. The van der Waals surface area contributed by atoms with Crippen LogP contribution in [0.25, 0.3) is 11.5 Å². The number of benzene rings is 1. The third kappa shape index (κ3) is 3.74. The molecule has 1 aromatic carbocycles. The highest BCUT2D eigenvalue weighted by atomic mass is 16.2. The van der Waals surface area contributed by atoms with Crippen molar-refractivity contribution >= 4 is 5.91 Å². The van der Waals surface area contributed by atoms with Crippen LogP contribution in [0.1, 0.15) is 56.4 Å². The summed E-state index contributed by atoms with van der Waals surface area (Å²) in [5, 5.41) is 4.94. The predicted molar refractivity (Wildman–Crippen MR) is 115 cm³/mol. The van der Waals surface area contributed by atoms with Gasteiger partial charge >= 0.3 is 0 Å². The van der Waals surface area contributed by atoms with E-state index in [0.717, 1.165) is 48.4 Å². The Labute approximate surface area is 173 Å². The van der Waals surface area contributed by atoms with Crippen LogP contribution in [0.2, 0.25) is 0 Å². The first-order valence-electron chi connectivity index (χ1n) is 10.7. The third-order valence-corrected chi connectivity index (χ3v) is 5.76. The van der Waals surface area contributed by atoms with Crippen LogP contribution in [0, 0.1) is 12.8 Å². The Balaban J connectivity index is 1.69. The summed E-state index contributed by atoms with van der Waals surface area (Å²) < 4.78 is 4.13. The molecule has 4 rings (SSSR count). The van der Waals surface area contributed by atoms with Crippen molar-refractivity contribution in [2.24, 2.45) is 5.92 Å². The van der Waals surface area contributed by atoms with E-state index < -0.39 is 0 Å². The van der Waals surface area contributed by atoms with E-state index in [1.54, 1.807) is 0 Å². The quantitative estimate of drug-likeness (QED) is 0.568. The second kappa shape index (κ2) is 8.27. The molecule has 0 saturated heterocycles. The van der Waals surface area contributed by atoms with Crippen molar-refractivity contribution in [1.29, 1.82) is 0 Å². The first-order chi connectivity index (χ1) is 14.1. The second-order valence-electron chi connectivity index (χ2n) is 8.06. The van der Waals surface area contributed by atoms with E-state index in [2.05, 4.69) is 49.6 Å². The zero-order chi connectivity index (χ0) is 20.4. The van der Waals surface area contributed by atoms with Gasteiger partial charge in [-0.25, -0.2) is 4.68 Å². The Morgan fingerprint density at radius 3 is 2.45 bits per heavy atom. The van der Waals surface area contributed by atoms with Crippen LogP contribution in [0.5, 0.6) is 0 Å². The van der Waals surface area contributed by atoms with E-state index in [1.165, 1.54) is 5.56 Å². The molecule has 2 aromatic heterocycles. The van der Waals surface area contributed by atoms with Crippen LogP contribution in [0.3, 0.4) is 0 Å². The number of aromatic nitrogens is 3. The van der Waals surface area contributed by atoms with E-state index in [-0.39, 0.29) is 11.8 Å². The fourth-order valence-electron chi connectivity index (χ4n) is 4.38. The number of carbonyl (C=O) groups is 1. The van der Waals surface area contributed by atoms with Gasteiger partial charge in [-0.1, -0.05) is 38.8 Å². The lowest BCUT2D eigenvalue weighted by Gasteiger charge is -2.23. The van der Waals surface area contributed by atoms with Crippen molar-refractivity contribution in [3.63, 3.8) is 0 Å². The fraction of sp³-hybridized carbons (Fsp3) is 0.417. The van der Waals surface area contributed by atoms with Crippen molar-refractivity contribution in [2.75, 3.05) is 0 Å². The average Bonchev–Trinajstić information content (AvgIpc) is 3.43. The van der Waals surface area contributed by atoms with Gasteiger partial charge < -0.3 is 9.47 Å². The molecule has 0 aliphatic carbocycles. The van der Waals surface area contributed by atoms with Crippen molar-refractivity contribution in [3.05, 3.63) is 65.6 Å². The van der Waals surface area contributed by atoms with Gasteiger partial charge in [-0.05, 0) is 49.6 Å². The van der Waals surface area contributed by atoms with E-state index in [1.807, 2.05) is 34.1 Å². The Kier molecular flexibility index (Phi) is 5.56. The molecule has 0 saturated carbocycles. The van der Waals surface area contributed by atoms with Gasteiger partial charge in [-0.2, -0.15) is 5.10 Å². The molecule has 0 fully saturated rings. The van der Waals surface area contributed by atoms with Crippen molar-refractivity contribution < 1.29 is 4.79 Å². The van der Waals surface area contributed by atoms with E-state index >= 15 is 0 Å². The smallest absolute Gasteiger partial charge is 0.226 e. The first kappa shape index (κ1) is 19.5. The number of hydrogen-bond acceptors (Lipinski definition) is 2. The van der Waals surface area contributed by atoms with Gasteiger partial charge in [-0.15, -0.1) is 0 Å². The van der Waals surface area contributed by atoms with E-state index in [0.29, 0.717) is 13.1 Å². The molecule has 1 amide bonds. The number of carbonyl (C=O) groups excluding carboxylic acids is 1. The number of fused-ring (bicyclic) bond motifs is 1. The maximum absolute atomic E-state index is 13.2. The highest BCUT2D eigenvalue weighted by molar-refractivity contribution is 5.79. The molecule has 5 nitrogen and oxygen atoms in total. The zero-order valence-corrected chi connectivity index (χ0v) is 17.6. The van der Waals surface area contributed by atoms with Crippen LogP contribution in [-0.4, -0.2) is 25.2 Å². The predicted octanol–water partition coefficient (Wildman–Crippen LogP) is 5.03. The molecule has 3 aromatic rings. The van der Waals surface area contributed by atoms with E-state index in [9.17, 15) is 4.79 Å². The number of amides is 1. The summed E-state index contributed by atoms with van der Waals surface area (Å²) in [7, 11) is 0. The molecule has 0 bridgehead atoms. The zero-order valence-electron chi connectivity index (χ0n) is 17.6. The molecule has 3 heterocycles. The molecule has 1 aliphatic rings. The van der Waals surface area contributed by atoms with Gasteiger partial charge in [0.05, 0.1) is 24.5 Å². The Morgan fingerprint density at radius 2 is 1.79 bits per heavy atom. The molecular formula is C24H30N4O. The van der Waals surface area contributed by atoms with Gasteiger partial charge in [0.2, 0.25) is 5.91 Å². The van der Waals surface area contributed by atoms with E-state index in [4.69, 9.17) is 5.10 Å². The Hall–Kier alpha value is -2.82. The molecule has 5 heteroatoms. The van der Waals surface area contributed by atoms with Crippen molar-refractivity contribution in [2.45, 2.75) is 59.5 Å². The summed E-state index contributed by atoms with van der Waals surface area (Å²) in [6.07, 6.45) is 8.12. The summed E-state index contributed by atoms with van der Waals surface area (Å²) in [5.41, 5.74) is 4.42. The highest BCUT2D eigenvalue weighted by Gasteiger charge is 2.33. The fourth-order valence-corrected chi connectivity index (χ4v) is 4.38. The molecule has 1 aliphatic heterocycles. The van der Waals surface area contributed by atoms with Crippen LogP contribution >= 0.6 is 0 Å². The Bertz CT molecular complexity index is 980. The van der Waals surface area contributed by atoms with Gasteiger partial charge in [0.1, 0.15) is 5.82 Å². The first-order valence-corrected chi connectivity index (χ1v) is 10.7. The minimum Gasteiger partial charge on any atom is -0.332 e. The maximum atomic E-state index is 13.2. The number of hydrogen-bond donors (Lipinski definition) is 0. The maximum Gasteiger partial charge on any atom is 0.226 e. The molecule has 0 N–H and O–H groups in total. The van der Waals surface area contributed by atoms with Gasteiger partial charge in [-0.3, -0.25) is 4.79 Å². The number of rotatable bonds is 7. The summed E-state index contributed by atoms with van der Waals surface area (Å²) in [6.45, 7) is 7.65. The summed E-state index contributed by atoms with van der Waals surface area (Å²) in [4.78, 5) is 15.2. The minimum absolute atomic E-state index is 0.132. The van der Waals surface area contributed by atoms with Gasteiger partial charge in [0.25, 0.3) is 0 Å². The molecule has 0 atom stereocenters. The lowest BCUT2D eigenvalue weighted by atomic mass is 9.97. The van der Waals surface area contributed by atoms with Crippen LogP contribution in [0.4, 0.5) is 0 Å². The lowest BCUT2D eigenvalue weighted by molar-refractivity contribution is -0.136.